The molecule has 0 bridgehead atoms. The van der Waals surface area contributed by atoms with Crippen LogP contribution < -0.4 is 10.8 Å². The second kappa shape index (κ2) is 10.3. The van der Waals surface area contributed by atoms with E-state index in [1.54, 1.807) is 12.1 Å². The van der Waals surface area contributed by atoms with Crippen LogP contribution in [0.25, 0.3) is 0 Å². The lowest BCUT2D eigenvalue weighted by atomic mass is 9.95. The minimum absolute atomic E-state index is 0.0736. The fraction of sp³-hybridized carbons (Fsp3) is 0.474. The Hall–Kier alpha value is -2.58. The average Bonchev–Trinajstić information content (AvgIpc) is 2.72. The Kier molecular flexibility index (Phi) is 8.04. The molecular weight excluding hydrogens is 388 g/mol. The van der Waals surface area contributed by atoms with Gasteiger partial charge in [0.15, 0.2) is 5.60 Å². The monoisotopic (exact) mass is 411 g/mol. The summed E-state index contributed by atoms with van der Waals surface area (Å²) < 4.78 is 31.3. The normalized spacial score (nSPS) is 17.6. The van der Waals surface area contributed by atoms with Gasteiger partial charge in [0.05, 0.1) is 19.8 Å². The molecule has 1 aliphatic rings. The van der Waals surface area contributed by atoms with E-state index < -0.39 is 29.9 Å². The van der Waals surface area contributed by atoms with Gasteiger partial charge in [-0.2, -0.15) is 0 Å². The molecule has 2 atom stereocenters. The van der Waals surface area contributed by atoms with Gasteiger partial charge in [-0.05, 0) is 31.2 Å². The van der Waals surface area contributed by atoms with Crippen molar-refractivity contribution in [2.45, 2.75) is 25.0 Å². The van der Waals surface area contributed by atoms with E-state index in [1.165, 1.54) is 17.6 Å². The number of morpholine rings is 1. The van der Waals surface area contributed by atoms with Gasteiger partial charge in [0, 0.05) is 24.2 Å². The number of amides is 2. The first-order valence-corrected chi connectivity index (χ1v) is 8.90. The minimum Gasteiger partial charge on any atom is -0.381 e. The van der Waals surface area contributed by atoms with E-state index >= 15 is 0 Å². The summed E-state index contributed by atoms with van der Waals surface area (Å²) in [6.45, 7) is 4.27. The number of rotatable bonds is 6. The van der Waals surface area contributed by atoms with Crippen LogP contribution in [0.3, 0.4) is 0 Å². The molecule has 1 aromatic rings. The molecule has 0 spiro atoms. The largest absolute Gasteiger partial charge is 0.381 e. The van der Waals surface area contributed by atoms with E-state index in [2.05, 4.69) is 16.7 Å². The van der Waals surface area contributed by atoms with Crippen molar-refractivity contribution in [2.75, 3.05) is 32.8 Å². The van der Waals surface area contributed by atoms with Crippen molar-refractivity contribution in [3.05, 3.63) is 35.4 Å². The molecule has 1 heterocycles. The number of hydroxylamine groups is 1. The van der Waals surface area contributed by atoms with Gasteiger partial charge in [-0.25, -0.2) is 14.3 Å². The Balaban J connectivity index is 2.02. The molecule has 2 rings (SSSR count). The van der Waals surface area contributed by atoms with Crippen LogP contribution in [0.1, 0.15) is 22.8 Å². The third kappa shape index (κ3) is 6.20. The third-order valence-corrected chi connectivity index (χ3v) is 4.46. The smallest absolute Gasteiger partial charge is 0.269 e. The Morgan fingerprint density at radius 1 is 1.28 bits per heavy atom. The molecule has 10 heteroatoms. The van der Waals surface area contributed by atoms with Crippen molar-refractivity contribution >= 4 is 11.8 Å². The molecular formula is C19H23F2N3O5. The molecule has 0 unspecified atom stereocenters. The molecule has 1 saturated heterocycles. The van der Waals surface area contributed by atoms with Crippen LogP contribution in [0, 0.1) is 11.8 Å². The fourth-order valence-electron chi connectivity index (χ4n) is 2.60. The zero-order valence-electron chi connectivity index (χ0n) is 15.8. The maximum atomic E-state index is 13.0. The predicted octanol–water partition coefficient (Wildman–Crippen LogP) is -0.00980. The zero-order chi connectivity index (χ0) is 21.4. The van der Waals surface area contributed by atoms with E-state index in [0.717, 1.165) is 13.1 Å². The van der Waals surface area contributed by atoms with E-state index in [4.69, 9.17) is 9.94 Å². The number of benzene rings is 1. The minimum atomic E-state index is -3.34. The average molecular weight is 411 g/mol. The summed E-state index contributed by atoms with van der Waals surface area (Å²) in [5, 5.41) is 20.6. The second-order valence-electron chi connectivity index (χ2n) is 6.68. The lowest BCUT2D eigenvalue weighted by molar-refractivity contribution is -0.149. The van der Waals surface area contributed by atoms with Crippen molar-refractivity contribution < 1.29 is 33.4 Å². The maximum absolute atomic E-state index is 13.0. The van der Waals surface area contributed by atoms with Crippen LogP contribution in [-0.4, -0.2) is 77.9 Å². The van der Waals surface area contributed by atoms with Gasteiger partial charge in [-0.1, -0.05) is 11.8 Å². The van der Waals surface area contributed by atoms with Crippen molar-refractivity contribution in [3.63, 3.8) is 0 Å². The number of nitrogens with one attached hydrogen (secondary N) is 2. The highest BCUT2D eigenvalue weighted by atomic mass is 19.3. The highest BCUT2D eigenvalue weighted by molar-refractivity contribution is 5.97. The van der Waals surface area contributed by atoms with Gasteiger partial charge in [0.2, 0.25) is 0 Å². The molecule has 29 heavy (non-hydrogen) atoms. The lowest BCUT2D eigenvalue weighted by Gasteiger charge is -2.30. The standard InChI is InChI=1S/C19H23F2N3O5/c1-19(27,18(20)21)15(17(26)23-28)22-16(25)14-6-4-13(5-7-14)3-2-8-24-9-11-29-12-10-24/h4-7,15,18,27-28H,8-12H2,1H3,(H,22,25)(H,23,26)/t15-,19+/m1/s1. The van der Waals surface area contributed by atoms with Crippen LogP contribution >= 0.6 is 0 Å². The first-order chi connectivity index (χ1) is 13.8. The molecule has 2 amide bonds. The van der Waals surface area contributed by atoms with Crippen molar-refractivity contribution in [3.8, 4) is 11.8 Å². The van der Waals surface area contributed by atoms with Gasteiger partial charge < -0.3 is 15.2 Å². The number of aliphatic hydroxyl groups is 1. The molecule has 1 fully saturated rings. The van der Waals surface area contributed by atoms with E-state index in [9.17, 15) is 23.5 Å². The number of nitrogens with zero attached hydrogens (tertiary/aromatic N) is 1. The van der Waals surface area contributed by atoms with Crippen LogP contribution in [0.15, 0.2) is 24.3 Å². The van der Waals surface area contributed by atoms with Crippen molar-refractivity contribution in [1.29, 1.82) is 0 Å². The SMILES string of the molecule is C[C@@](O)(C(F)F)[C@H](NC(=O)c1ccc(C#CCN2CCOCC2)cc1)C(=O)NO. The Labute approximate surface area is 166 Å². The first-order valence-electron chi connectivity index (χ1n) is 8.90. The van der Waals surface area contributed by atoms with Gasteiger partial charge in [-0.15, -0.1) is 0 Å². The molecule has 158 valence electrons. The Morgan fingerprint density at radius 2 is 1.90 bits per heavy atom. The number of ether oxygens (including phenoxy) is 1. The summed E-state index contributed by atoms with van der Waals surface area (Å²) >= 11 is 0. The van der Waals surface area contributed by atoms with Crippen LogP contribution in [0.4, 0.5) is 8.78 Å². The second-order valence-corrected chi connectivity index (χ2v) is 6.68. The van der Waals surface area contributed by atoms with Crippen molar-refractivity contribution in [1.82, 2.24) is 15.7 Å². The molecule has 1 aliphatic heterocycles. The van der Waals surface area contributed by atoms with Gasteiger partial charge in [0.25, 0.3) is 18.2 Å². The van der Waals surface area contributed by atoms with Gasteiger partial charge in [-0.3, -0.25) is 19.7 Å². The first kappa shape index (κ1) is 22.7. The Bertz CT molecular complexity index is 768. The summed E-state index contributed by atoms with van der Waals surface area (Å²) in [7, 11) is 0. The predicted molar refractivity (Wildman–Crippen MR) is 98.4 cm³/mol. The highest BCUT2D eigenvalue weighted by Gasteiger charge is 2.46. The summed E-state index contributed by atoms with van der Waals surface area (Å²) in [5.74, 6) is 3.76. The molecule has 0 saturated carbocycles. The van der Waals surface area contributed by atoms with Gasteiger partial charge >= 0.3 is 0 Å². The summed E-state index contributed by atoms with van der Waals surface area (Å²) in [6.07, 6.45) is -3.34. The van der Waals surface area contributed by atoms with Crippen LogP contribution in [0.2, 0.25) is 0 Å². The van der Waals surface area contributed by atoms with E-state index in [0.29, 0.717) is 32.2 Å². The number of carbonyl (C=O) groups excluding carboxylic acids is 2. The molecule has 0 radical (unpaired) electrons. The maximum Gasteiger partial charge on any atom is 0.269 e. The number of halogens is 2. The summed E-state index contributed by atoms with van der Waals surface area (Å²) in [5.41, 5.74) is -0.991. The molecule has 0 aliphatic carbocycles. The van der Waals surface area contributed by atoms with Crippen LogP contribution in [0.5, 0.6) is 0 Å². The summed E-state index contributed by atoms with van der Waals surface area (Å²) in [4.78, 5) is 26.1. The quantitative estimate of drug-likeness (QED) is 0.298. The van der Waals surface area contributed by atoms with Gasteiger partial charge in [0.1, 0.15) is 6.04 Å². The molecule has 8 nitrogen and oxygen atoms in total. The molecule has 4 N–H and O–H groups in total. The number of alkyl halides is 2. The number of hydrogen-bond donors (Lipinski definition) is 4. The summed E-state index contributed by atoms with van der Waals surface area (Å²) in [6, 6.07) is 3.92. The topological polar surface area (TPSA) is 111 Å². The van der Waals surface area contributed by atoms with E-state index in [-0.39, 0.29) is 5.56 Å². The highest BCUT2D eigenvalue weighted by Crippen LogP contribution is 2.20. The van der Waals surface area contributed by atoms with E-state index in [1.807, 2.05) is 5.32 Å². The van der Waals surface area contributed by atoms with Crippen molar-refractivity contribution in [2.24, 2.45) is 0 Å². The zero-order valence-corrected chi connectivity index (χ0v) is 15.8. The molecule has 1 aromatic carbocycles. The fourth-order valence-corrected chi connectivity index (χ4v) is 2.60. The third-order valence-electron chi connectivity index (χ3n) is 4.46. The Morgan fingerprint density at radius 3 is 2.45 bits per heavy atom. The molecule has 0 aromatic heterocycles. The number of hydrogen-bond acceptors (Lipinski definition) is 6. The van der Waals surface area contributed by atoms with Crippen LogP contribution in [-0.2, 0) is 9.53 Å². The lowest BCUT2D eigenvalue weighted by Crippen LogP contribution is -2.61. The number of carbonyl (C=O) groups is 2.